The molecule has 0 bridgehead atoms. The van der Waals surface area contributed by atoms with Crippen molar-refractivity contribution in [1.29, 1.82) is 0 Å². The molecule has 5 heteroatoms. The minimum absolute atomic E-state index is 0.00420. The minimum Gasteiger partial charge on any atom is -0.348 e. The molecule has 2 aromatic rings. The lowest BCUT2D eigenvalue weighted by molar-refractivity contribution is -0.121. The van der Waals surface area contributed by atoms with Crippen molar-refractivity contribution in [2.75, 3.05) is 6.54 Å². The highest BCUT2D eigenvalue weighted by Gasteiger charge is 2.14. The molecule has 118 valence electrons. The molecule has 1 aromatic heterocycles. The lowest BCUT2D eigenvalue weighted by atomic mass is 10.1. The third-order valence-corrected chi connectivity index (χ3v) is 3.33. The third kappa shape index (κ3) is 4.70. The van der Waals surface area contributed by atoms with Gasteiger partial charge in [0.1, 0.15) is 0 Å². The van der Waals surface area contributed by atoms with E-state index in [9.17, 15) is 4.79 Å². The van der Waals surface area contributed by atoms with Gasteiger partial charge in [-0.3, -0.25) is 4.79 Å². The number of carbonyl (C=O) groups is 1. The van der Waals surface area contributed by atoms with Crippen molar-refractivity contribution in [3.05, 3.63) is 48.5 Å². The van der Waals surface area contributed by atoms with Crippen molar-refractivity contribution in [2.45, 2.75) is 39.3 Å². The van der Waals surface area contributed by atoms with Crippen LogP contribution < -0.4 is 10.6 Å². The summed E-state index contributed by atoms with van der Waals surface area (Å²) in [4.78, 5) is 16.1. The molecule has 0 saturated heterocycles. The summed E-state index contributed by atoms with van der Waals surface area (Å²) in [6, 6.07) is 8.03. The zero-order valence-corrected chi connectivity index (χ0v) is 13.6. The fourth-order valence-corrected chi connectivity index (χ4v) is 2.09. The molecule has 0 saturated carbocycles. The standard InChI is InChI=1S/C17H24N4O/c1-13(20-16(22)11-19-17(2,3)4)14-6-5-7-15(10-14)21-9-8-18-12-21/h5-10,12-13,19H,11H2,1-4H3,(H,20,22). The number of hydrogen-bond donors (Lipinski definition) is 2. The highest BCUT2D eigenvalue weighted by molar-refractivity contribution is 5.78. The Morgan fingerprint density at radius 2 is 2.14 bits per heavy atom. The van der Waals surface area contributed by atoms with Gasteiger partial charge in [0.05, 0.1) is 18.9 Å². The number of nitrogens with one attached hydrogen (secondary N) is 2. The molecule has 0 spiro atoms. The average molecular weight is 300 g/mol. The topological polar surface area (TPSA) is 59.0 Å². The molecule has 1 unspecified atom stereocenters. The van der Waals surface area contributed by atoms with Gasteiger partial charge in [-0.25, -0.2) is 4.98 Å². The molecule has 2 rings (SSSR count). The second kappa shape index (κ2) is 6.75. The van der Waals surface area contributed by atoms with Gasteiger partial charge in [-0.15, -0.1) is 0 Å². The van der Waals surface area contributed by atoms with Crippen molar-refractivity contribution in [3.8, 4) is 5.69 Å². The van der Waals surface area contributed by atoms with E-state index in [0.717, 1.165) is 11.3 Å². The van der Waals surface area contributed by atoms with E-state index in [4.69, 9.17) is 0 Å². The van der Waals surface area contributed by atoms with Gasteiger partial charge in [0.2, 0.25) is 5.91 Å². The number of rotatable bonds is 5. The molecular weight excluding hydrogens is 276 g/mol. The number of hydrogen-bond acceptors (Lipinski definition) is 3. The Morgan fingerprint density at radius 3 is 2.77 bits per heavy atom. The van der Waals surface area contributed by atoms with Crippen LogP contribution in [0.4, 0.5) is 0 Å². The van der Waals surface area contributed by atoms with Gasteiger partial charge in [0.25, 0.3) is 0 Å². The van der Waals surface area contributed by atoms with Crippen LogP contribution in [0.5, 0.6) is 0 Å². The Bertz CT molecular complexity index is 614. The van der Waals surface area contributed by atoms with Gasteiger partial charge in [-0.2, -0.15) is 0 Å². The van der Waals surface area contributed by atoms with Gasteiger partial charge in [-0.1, -0.05) is 12.1 Å². The first-order valence-corrected chi connectivity index (χ1v) is 7.48. The Morgan fingerprint density at radius 1 is 1.36 bits per heavy atom. The summed E-state index contributed by atoms with van der Waals surface area (Å²) in [7, 11) is 0. The number of carbonyl (C=O) groups excluding carboxylic acids is 1. The van der Waals surface area contributed by atoms with Crippen molar-refractivity contribution in [3.63, 3.8) is 0 Å². The third-order valence-electron chi connectivity index (χ3n) is 3.33. The van der Waals surface area contributed by atoms with Gasteiger partial charge in [-0.05, 0) is 45.4 Å². The van der Waals surface area contributed by atoms with Crippen LogP contribution in [0.25, 0.3) is 5.69 Å². The van der Waals surface area contributed by atoms with E-state index in [-0.39, 0.29) is 17.5 Å². The zero-order chi connectivity index (χ0) is 16.2. The van der Waals surface area contributed by atoms with E-state index in [1.165, 1.54) is 0 Å². The zero-order valence-electron chi connectivity index (χ0n) is 13.6. The van der Waals surface area contributed by atoms with Crippen molar-refractivity contribution in [2.24, 2.45) is 0 Å². The number of amides is 1. The molecule has 1 amide bonds. The average Bonchev–Trinajstić information content (AvgIpc) is 2.99. The number of nitrogens with zero attached hydrogens (tertiary/aromatic N) is 2. The number of benzene rings is 1. The molecule has 0 aliphatic heterocycles. The van der Waals surface area contributed by atoms with Crippen LogP contribution in [0.2, 0.25) is 0 Å². The molecule has 0 aliphatic rings. The van der Waals surface area contributed by atoms with Gasteiger partial charge >= 0.3 is 0 Å². The van der Waals surface area contributed by atoms with Crippen LogP contribution >= 0.6 is 0 Å². The van der Waals surface area contributed by atoms with E-state index < -0.39 is 0 Å². The smallest absolute Gasteiger partial charge is 0.234 e. The summed E-state index contributed by atoms with van der Waals surface area (Å²) < 4.78 is 1.94. The van der Waals surface area contributed by atoms with Crippen molar-refractivity contribution in [1.82, 2.24) is 20.2 Å². The minimum atomic E-state index is -0.0675. The number of imidazole rings is 1. The van der Waals surface area contributed by atoms with Crippen LogP contribution in [-0.2, 0) is 4.79 Å². The van der Waals surface area contributed by atoms with Crippen molar-refractivity contribution < 1.29 is 4.79 Å². The van der Waals surface area contributed by atoms with Crippen LogP contribution in [0.15, 0.2) is 43.0 Å². The van der Waals surface area contributed by atoms with E-state index in [1.54, 1.807) is 12.5 Å². The summed E-state index contributed by atoms with van der Waals surface area (Å²) in [5, 5.41) is 6.20. The molecule has 22 heavy (non-hydrogen) atoms. The predicted molar refractivity (Wildman–Crippen MR) is 87.9 cm³/mol. The Balaban J connectivity index is 1.99. The summed E-state index contributed by atoms with van der Waals surface area (Å²) in [6.07, 6.45) is 5.40. The Kier molecular flexibility index (Phi) is 4.98. The summed E-state index contributed by atoms with van der Waals surface area (Å²) in [5.41, 5.74) is 2.03. The predicted octanol–water partition coefficient (Wildman–Crippen LogP) is 2.44. The van der Waals surface area contributed by atoms with E-state index in [0.29, 0.717) is 6.54 Å². The maximum Gasteiger partial charge on any atom is 0.234 e. The molecule has 0 fully saturated rings. The van der Waals surface area contributed by atoms with Crippen LogP contribution in [0.3, 0.4) is 0 Å². The fourth-order valence-electron chi connectivity index (χ4n) is 2.09. The highest BCUT2D eigenvalue weighted by atomic mass is 16.2. The SMILES string of the molecule is CC(NC(=O)CNC(C)(C)C)c1cccc(-n2ccnc2)c1. The monoisotopic (exact) mass is 300 g/mol. The van der Waals surface area contributed by atoms with Gasteiger partial charge in [0.15, 0.2) is 0 Å². The second-order valence-corrected chi connectivity index (χ2v) is 6.46. The molecule has 5 nitrogen and oxygen atoms in total. The largest absolute Gasteiger partial charge is 0.348 e. The second-order valence-electron chi connectivity index (χ2n) is 6.46. The van der Waals surface area contributed by atoms with E-state index in [1.807, 2.05) is 56.7 Å². The molecule has 1 heterocycles. The fraction of sp³-hybridized carbons (Fsp3) is 0.412. The van der Waals surface area contributed by atoms with Gasteiger partial charge in [0, 0.05) is 23.6 Å². The van der Waals surface area contributed by atoms with Crippen LogP contribution in [0, 0.1) is 0 Å². The van der Waals surface area contributed by atoms with Gasteiger partial charge < -0.3 is 15.2 Å². The Labute approximate surface area is 131 Å². The molecule has 0 radical (unpaired) electrons. The highest BCUT2D eigenvalue weighted by Crippen LogP contribution is 2.16. The number of aromatic nitrogens is 2. The lowest BCUT2D eigenvalue weighted by Crippen LogP contribution is -2.43. The van der Waals surface area contributed by atoms with E-state index in [2.05, 4.69) is 21.7 Å². The first kappa shape index (κ1) is 16.2. The van der Waals surface area contributed by atoms with Crippen molar-refractivity contribution >= 4 is 5.91 Å². The van der Waals surface area contributed by atoms with E-state index >= 15 is 0 Å². The molecule has 2 N–H and O–H groups in total. The first-order chi connectivity index (χ1) is 10.3. The normalized spacial score (nSPS) is 12.9. The maximum atomic E-state index is 12.0. The van der Waals surface area contributed by atoms with Crippen LogP contribution in [-0.4, -0.2) is 27.5 Å². The summed E-state index contributed by atoms with van der Waals surface area (Å²) in [5.74, 6) is -0.00420. The summed E-state index contributed by atoms with van der Waals surface area (Å²) >= 11 is 0. The Hall–Kier alpha value is -2.14. The van der Waals surface area contributed by atoms with Crippen LogP contribution in [0.1, 0.15) is 39.3 Å². The molecule has 0 aliphatic carbocycles. The molecular formula is C17H24N4O. The molecule has 1 aromatic carbocycles. The quantitative estimate of drug-likeness (QED) is 0.891. The first-order valence-electron chi connectivity index (χ1n) is 7.48. The maximum absolute atomic E-state index is 12.0. The lowest BCUT2D eigenvalue weighted by Gasteiger charge is -2.21. The summed E-state index contributed by atoms with van der Waals surface area (Å²) in [6.45, 7) is 8.42. The molecule has 1 atom stereocenters.